The van der Waals surface area contributed by atoms with E-state index in [-0.39, 0.29) is 5.91 Å². The van der Waals surface area contributed by atoms with E-state index >= 15 is 0 Å². The van der Waals surface area contributed by atoms with Crippen LogP contribution >= 0.6 is 0 Å². The average Bonchev–Trinajstić information content (AvgIpc) is 3.15. The molecule has 2 aromatic carbocycles. The molecular weight excluding hydrogens is 394 g/mol. The fourth-order valence-electron chi connectivity index (χ4n) is 4.05. The second kappa shape index (κ2) is 8.23. The molecule has 1 amide bonds. The van der Waals surface area contributed by atoms with Gasteiger partial charge in [-0.3, -0.25) is 9.69 Å². The van der Waals surface area contributed by atoms with Crippen LogP contribution in [-0.2, 0) is 17.8 Å². The van der Waals surface area contributed by atoms with Gasteiger partial charge in [0.2, 0.25) is 11.5 Å². The summed E-state index contributed by atoms with van der Waals surface area (Å²) in [5.41, 5.74) is 3.61. The van der Waals surface area contributed by atoms with Gasteiger partial charge in [0.15, 0.2) is 0 Å². The molecule has 8 heteroatoms. The molecule has 0 radical (unpaired) electrons. The lowest BCUT2D eigenvalue weighted by Crippen LogP contribution is -2.41. The first-order valence-electron chi connectivity index (χ1n) is 10.3. The van der Waals surface area contributed by atoms with Crippen molar-refractivity contribution >= 4 is 17.4 Å². The summed E-state index contributed by atoms with van der Waals surface area (Å²) in [5, 5.41) is 2.95. The molecule has 1 saturated heterocycles. The molecule has 3 heterocycles. The van der Waals surface area contributed by atoms with Gasteiger partial charge in [0.1, 0.15) is 5.69 Å². The van der Waals surface area contributed by atoms with Crippen molar-refractivity contribution in [2.75, 3.05) is 31.2 Å². The molecule has 0 spiro atoms. The standard InChI is InChI=1S/C23H21N5O3/c29-23-20-19(15-28(23)14-16-4-2-1-3-5-16)22(27-10-12-31-13-11-27)25-21(24-20)17-6-8-18(26-30)9-7-17/h1-9H,10-15H2/p+1. The van der Waals surface area contributed by atoms with E-state index in [1.165, 1.54) is 0 Å². The van der Waals surface area contributed by atoms with E-state index in [0.717, 1.165) is 35.6 Å². The Morgan fingerprint density at radius 2 is 1.77 bits per heavy atom. The first kappa shape index (κ1) is 19.3. The number of rotatable bonds is 5. The van der Waals surface area contributed by atoms with Crippen LogP contribution in [0.15, 0.2) is 59.8 Å². The van der Waals surface area contributed by atoms with E-state index in [2.05, 4.69) is 15.1 Å². The number of carbonyl (C=O) groups is 1. The molecule has 1 aromatic heterocycles. The van der Waals surface area contributed by atoms with Crippen LogP contribution in [0.3, 0.4) is 0 Å². The molecule has 156 valence electrons. The number of amides is 1. The molecule has 1 N–H and O–H groups in total. The number of morpholine rings is 1. The van der Waals surface area contributed by atoms with Gasteiger partial charge < -0.3 is 9.64 Å². The Morgan fingerprint density at radius 3 is 2.48 bits per heavy atom. The van der Waals surface area contributed by atoms with E-state index in [1.807, 2.05) is 35.2 Å². The highest BCUT2D eigenvalue weighted by Crippen LogP contribution is 2.31. The zero-order valence-electron chi connectivity index (χ0n) is 17.0. The van der Waals surface area contributed by atoms with Gasteiger partial charge in [0, 0.05) is 6.54 Å². The molecule has 8 nitrogen and oxygen atoms in total. The molecule has 0 bridgehead atoms. The summed E-state index contributed by atoms with van der Waals surface area (Å²) in [6.45, 7) is 3.81. The molecule has 1 fully saturated rings. The van der Waals surface area contributed by atoms with Crippen molar-refractivity contribution in [1.29, 1.82) is 0 Å². The van der Waals surface area contributed by atoms with Gasteiger partial charge >= 0.3 is 0 Å². The number of hydrogen-bond donors (Lipinski definition) is 0. The number of H-pyrrole nitrogens is 1. The highest BCUT2D eigenvalue weighted by Gasteiger charge is 2.38. The summed E-state index contributed by atoms with van der Waals surface area (Å²) in [5.74, 6) is 1.42. The van der Waals surface area contributed by atoms with Gasteiger partial charge in [-0.15, -0.1) is 4.91 Å². The van der Waals surface area contributed by atoms with E-state index in [4.69, 9.17) is 9.72 Å². The summed E-state index contributed by atoms with van der Waals surface area (Å²) in [6.07, 6.45) is 0. The van der Waals surface area contributed by atoms with Crippen molar-refractivity contribution in [1.82, 2.24) is 9.88 Å². The van der Waals surface area contributed by atoms with Crippen LogP contribution in [0.25, 0.3) is 11.4 Å². The third kappa shape index (κ3) is 3.77. The van der Waals surface area contributed by atoms with Gasteiger partial charge in [-0.05, 0) is 35.0 Å². The normalized spacial score (nSPS) is 15.8. The third-order valence-electron chi connectivity index (χ3n) is 5.66. The highest BCUT2D eigenvalue weighted by molar-refractivity contribution is 5.98. The first-order chi connectivity index (χ1) is 15.2. The van der Waals surface area contributed by atoms with Gasteiger partial charge in [0.05, 0.1) is 44.0 Å². The second-order valence-corrected chi connectivity index (χ2v) is 7.65. The molecule has 0 saturated carbocycles. The Kier molecular flexibility index (Phi) is 5.13. The van der Waals surface area contributed by atoms with Crippen LogP contribution in [-0.4, -0.2) is 42.1 Å². The monoisotopic (exact) mass is 416 g/mol. The van der Waals surface area contributed by atoms with Crippen molar-refractivity contribution in [3.63, 3.8) is 0 Å². The summed E-state index contributed by atoms with van der Waals surface area (Å²) < 4.78 is 5.51. The van der Waals surface area contributed by atoms with E-state index in [9.17, 15) is 9.70 Å². The van der Waals surface area contributed by atoms with Crippen molar-refractivity contribution < 1.29 is 14.5 Å². The van der Waals surface area contributed by atoms with E-state index in [1.54, 1.807) is 24.3 Å². The molecule has 3 aromatic rings. The Morgan fingerprint density at radius 1 is 1.03 bits per heavy atom. The van der Waals surface area contributed by atoms with Crippen molar-refractivity contribution in [3.8, 4) is 11.4 Å². The number of nitroso groups, excluding NO2 is 1. The van der Waals surface area contributed by atoms with Crippen LogP contribution in [0.4, 0.5) is 11.5 Å². The number of hydrogen-bond acceptors (Lipinski definition) is 6. The lowest BCUT2D eigenvalue weighted by atomic mass is 10.1. The predicted molar refractivity (Wildman–Crippen MR) is 115 cm³/mol. The van der Waals surface area contributed by atoms with Crippen LogP contribution in [0.2, 0.25) is 0 Å². The van der Waals surface area contributed by atoms with Crippen LogP contribution < -0.4 is 9.88 Å². The van der Waals surface area contributed by atoms with Gasteiger partial charge in [-0.1, -0.05) is 35.3 Å². The number of ether oxygens (including phenoxy) is 1. The maximum atomic E-state index is 13.3. The van der Waals surface area contributed by atoms with Gasteiger partial charge in [-0.25, -0.2) is 4.98 Å². The molecule has 0 atom stereocenters. The molecular formula is C23H22N5O3+. The fraction of sp³-hybridized carbons (Fsp3) is 0.261. The van der Waals surface area contributed by atoms with E-state index in [0.29, 0.717) is 43.5 Å². The van der Waals surface area contributed by atoms with Crippen LogP contribution in [0.5, 0.6) is 0 Å². The lowest BCUT2D eigenvalue weighted by molar-refractivity contribution is -0.356. The molecule has 2 aliphatic heterocycles. The summed E-state index contributed by atoms with van der Waals surface area (Å²) >= 11 is 0. The lowest BCUT2D eigenvalue weighted by Gasteiger charge is -2.25. The second-order valence-electron chi connectivity index (χ2n) is 7.65. The minimum absolute atomic E-state index is 0.0743. The first-order valence-corrected chi connectivity index (χ1v) is 10.3. The quantitative estimate of drug-likeness (QED) is 0.597. The number of nitrogens with one attached hydrogen (secondary N) is 1. The number of aromatic nitrogens is 2. The largest absolute Gasteiger partial charge is 0.375 e. The minimum atomic E-state index is -0.0743. The number of fused-ring (bicyclic) bond motifs is 1. The van der Waals surface area contributed by atoms with Crippen molar-refractivity contribution in [2.24, 2.45) is 5.18 Å². The zero-order chi connectivity index (χ0) is 21.2. The number of benzene rings is 2. The number of aromatic amines is 1. The summed E-state index contributed by atoms with van der Waals surface area (Å²) in [4.78, 5) is 36.2. The summed E-state index contributed by atoms with van der Waals surface area (Å²) in [6, 6.07) is 16.8. The Bertz CT molecular complexity index is 1110. The Labute approximate surface area is 179 Å². The number of anilines is 1. The topological polar surface area (TPSA) is 89.2 Å². The Hall–Kier alpha value is -3.65. The smallest absolute Gasteiger partial charge is 0.290 e. The zero-order valence-corrected chi connectivity index (χ0v) is 17.0. The molecule has 0 unspecified atom stereocenters. The SMILES string of the molecule is O=Nc1ccc(-c2nc3c(c(N4CCOCC4)[nH+]2)CN(Cc2ccccc2)C3=O)cc1. The van der Waals surface area contributed by atoms with Gasteiger partial charge in [0.25, 0.3) is 11.7 Å². The molecule has 0 aliphatic carbocycles. The van der Waals surface area contributed by atoms with E-state index < -0.39 is 0 Å². The maximum Gasteiger partial charge on any atom is 0.290 e. The molecule has 5 rings (SSSR count). The fourth-order valence-corrected chi connectivity index (χ4v) is 4.05. The third-order valence-corrected chi connectivity index (χ3v) is 5.66. The average molecular weight is 416 g/mol. The van der Waals surface area contributed by atoms with Crippen molar-refractivity contribution in [2.45, 2.75) is 13.1 Å². The Balaban J connectivity index is 1.54. The number of carbonyl (C=O) groups excluding carboxylic acids is 1. The maximum absolute atomic E-state index is 13.3. The summed E-state index contributed by atoms with van der Waals surface area (Å²) in [7, 11) is 0. The minimum Gasteiger partial charge on any atom is -0.375 e. The van der Waals surface area contributed by atoms with Crippen molar-refractivity contribution in [3.05, 3.63) is 76.3 Å². The molecule has 2 aliphatic rings. The van der Waals surface area contributed by atoms with Crippen LogP contribution in [0.1, 0.15) is 21.6 Å². The highest BCUT2D eigenvalue weighted by atomic mass is 16.5. The van der Waals surface area contributed by atoms with Crippen LogP contribution in [0, 0.1) is 4.91 Å². The van der Waals surface area contributed by atoms with Gasteiger partial charge in [-0.2, -0.15) is 0 Å². The predicted octanol–water partition coefficient (Wildman–Crippen LogP) is 2.95. The number of nitrogens with zero attached hydrogens (tertiary/aromatic N) is 4. The molecule has 31 heavy (non-hydrogen) atoms.